The molecule has 2 N–H and O–H groups in total. The van der Waals surface area contributed by atoms with E-state index < -0.39 is 0 Å². The van der Waals surface area contributed by atoms with E-state index in [9.17, 15) is 0 Å². The summed E-state index contributed by atoms with van der Waals surface area (Å²) in [5.74, 6) is 0. The minimum absolute atomic E-state index is 0.104. The third kappa shape index (κ3) is 6.22. The van der Waals surface area contributed by atoms with Crippen LogP contribution in [0.15, 0.2) is 18.5 Å². The number of ether oxygens (including phenoxy) is 1. The van der Waals surface area contributed by atoms with E-state index in [0.29, 0.717) is 13.2 Å². The van der Waals surface area contributed by atoms with Gasteiger partial charge in [-0.25, -0.2) is 0 Å². The average molecular weight is 213 g/mol. The molecular weight excluding hydrogens is 194 g/mol. The van der Waals surface area contributed by atoms with Crippen LogP contribution in [0.1, 0.15) is 6.42 Å². The molecule has 0 atom stereocenters. The highest BCUT2D eigenvalue weighted by Gasteiger charge is 1.91. The van der Waals surface area contributed by atoms with E-state index in [1.807, 2.05) is 16.9 Å². The smallest absolute Gasteiger partial charge is 0.0697 e. The molecule has 5 nitrogen and oxygen atoms in total. The van der Waals surface area contributed by atoms with Crippen molar-refractivity contribution in [1.82, 2.24) is 15.1 Å². The van der Waals surface area contributed by atoms with Gasteiger partial charge in [0.25, 0.3) is 0 Å². The van der Waals surface area contributed by atoms with Crippen LogP contribution in [0, 0.1) is 0 Å². The molecule has 1 aromatic rings. The Bertz CT molecular complexity index is 227. The highest BCUT2D eigenvalue weighted by atomic mass is 16.5. The third-order valence-corrected chi connectivity index (χ3v) is 1.95. The minimum Gasteiger partial charge on any atom is -0.394 e. The molecule has 0 saturated carbocycles. The number of nitrogens with one attached hydrogen (secondary N) is 1. The van der Waals surface area contributed by atoms with Gasteiger partial charge < -0.3 is 15.2 Å². The first-order chi connectivity index (χ1) is 7.43. The highest BCUT2D eigenvalue weighted by Crippen LogP contribution is 1.83. The number of aromatic nitrogens is 2. The van der Waals surface area contributed by atoms with Crippen LogP contribution >= 0.6 is 0 Å². The molecule has 5 heteroatoms. The highest BCUT2D eigenvalue weighted by molar-refractivity contribution is 4.77. The molecule has 0 aliphatic carbocycles. The van der Waals surface area contributed by atoms with E-state index >= 15 is 0 Å². The predicted molar refractivity (Wildman–Crippen MR) is 57.6 cm³/mol. The number of aliphatic hydroxyl groups excluding tert-OH is 1. The molecule has 0 radical (unpaired) electrons. The van der Waals surface area contributed by atoms with Crippen molar-refractivity contribution >= 4 is 0 Å². The lowest BCUT2D eigenvalue weighted by molar-refractivity contribution is 0.0907. The molecule has 86 valence electrons. The molecule has 0 aromatic carbocycles. The Morgan fingerprint density at radius 3 is 3.00 bits per heavy atom. The van der Waals surface area contributed by atoms with Crippen LogP contribution in [0.5, 0.6) is 0 Å². The Morgan fingerprint density at radius 1 is 1.33 bits per heavy atom. The lowest BCUT2D eigenvalue weighted by Gasteiger charge is -2.05. The summed E-state index contributed by atoms with van der Waals surface area (Å²) in [5, 5.41) is 15.9. The van der Waals surface area contributed by atoms with E-state index in [2.05, 4.69) is 10.4 Å². The number of hydrogen-bond acceptors (Lipinski definition) is 4. The number of nitrogens with zero attached hydrogens (tertiary/aromatic N) is 2. The third-order valence-electron chi connectivity index (χ3n) is 1.95. The van der Waals surface area contributed by atoms with Crippen molar-refractivity contribution in [1.29, 1.82) is 0 Å². The lowest BCUT2D eigenvalue weighted by atomic mass is 10.4. The van der Waals surface area contributed by atoms with Gasteiger partial charge >= 0.3 is 0 Å². The largest absolute Gasteiger partial charge is 0.394 e. The second-order valence-electron chi connectivity index (χ2n) is 3.21. The van der Waals surface area contributed by atoms with Crippen molar-refractivity contribution in [3.05, 3.63) is 18.5 Å². The van der Waals surface area contributed by atoms with E-state index in [1.54, 1.807) is 6.20 Å². The number of rotatable bonds is 9. The van der Waals surface area contributed by atoms with E-state index in [4.69, 9.17) is 9.84 Å². The molecular formula is C10H19N3O2. The molecule has 1 aromatic heterocycles. The van der Waals surface area contributed by atoms with Gasteiger partial charge in [-0.3, -0.25) is 4.68 Å². The topological polar surface area (TPSA) is 59.3 Å². The lowest BCUT2D eigenvalue weighted by Crippen LogP contribution is -2.22. The number of hydrogen-bond donors (Lipinski definition) is 2. The van der Waals surface area contributed by atoms with Crippen molar-refractivity contribution in [3.8, 4) is 0 Å². The summed E-state index contributed by atoms with van der Waals surface area (Å²) in [6, 6.07) is 1.92. The van der Waals surface area contributed by atoms with Crippen molar-refractivity contribution in [3.63, 3.8) is 0 Å². The van der Waals surface area contributed by atoms with Crippen molar-refractivity contribution in [2.75, 3.05) is 32.9 Å². The Morgan fingerprint density at radius 2 is 2.27 bits per heavy atom. The summed E-state index contributed by atoms with van der Waals surface area (Å²) in [6.45, 7) is 3.99. The second kappa shape index (κ2) is 8.40. The van der Waals surface area contributed by atoms with Crippen LogP contribution in [-0.2, 0) is 11.3 Å². The molecule has 1 heterocycles. The molecule has 0 saturated heterocycles. The summed E-state index contributed by atoms with van der Waals surface area (Å²) in [5.41, 5.74) is 0. The first kappa shape index (κ1) is 12.2. The van der Waals surface area contributed by atoms with Crippen LogP contribution < -0.4 is 5.32 Å². The van der Waals surface area contributed by atoms with Gasteiger partial charge in [0.1, 0.15) is 0 Å². The first-order valence-electron chi connectivity index (χ1n) is 5.30. The zero-order valence-corrected chi connectivity index (χ0v) is 8.93. The average Bonchev–Trinajstić information content (AvgIpc) is 2.75. The molecule has 0 aliphatic rings. The maximum absolute atomic E-state index is 8.46. The summed E-state index contributed by atoms with van der Waals surface area (Å²) in [6.07, 6.45) is 4.70. The van der Waals surface area contributed by atoms with Gasteiger partial charge in [0, 0.05) is 25.5 Å². The van der Waals surface area contributed by atoms with Gasteiger partial charge in [-0.05, 0) is 19.0 Å². The fourth-order valence-corrected chi connectivity index (χ4v) is 1.22. The van der Waals surface area contributed by atoms with Crippen LogP contribution in [0.25, 0.3) is 0 Å². The van der Waals surface area contributed by atoms with E-state index in [-0.39, 0.29) is 6.61 Å². The maximum atomic E-state index is 8.46. The zero-order chi connectivity index (χ0) is 10.8. The second-order valence-corrected chi connectivity index (χ2v) is 3.21. The molecule has 1 rings (SSSR count). The minimum atomic E-state index is 0.104. The van der Waals surface area contributed by atoms with E-state index in [0.717, 1.165) is 26.1 Å². The monoisotopic (exact) mass is 213 g/mol. The predicted octanol–water partition coefficient (Wildman–Crippen LogP) is -0.128. The van der Waals surface area contributed by atoms with Crippen LogP contribution in [0.4, 0.5) is 0 Å². The Labute approximate surface area is 90.1 Å². The van der Waals surface area contributed by atoms with Crippen LogP contribution in [0.2, 0.25) is 0 Å². The fraction of sp³-hybridized carbons (Fsp3) is 0.700. The van der Waals surface area contributed by atoms with Crippen LogP contribution in [-0.4, -0.2) is 47.8 Å². The Hall–Kier alpha value is -0.910. The van der Waals surface area contributed by atoms with Crippen molar-refractivity contribution < 1.29 is 9.84 Å². The molecule has 0 spiro atoms. The van der Waals surface area contributed by atoms with Gasteiger partial charge in [0.2, 0.25) is 0 Å². The Balaban J connectivity index is 1.81. The standard InChI is InChI=1S/C10H19N3O2/c14-8-10-15-9-2-3-11-5-7-13-6-1-4-12-13/h1,4,6,11,14H,2-3,5,7-10H2. The van der Waals surface area contributed by atoms with Gasteiger partial charge in [0.15, 0.2) is 0 Å². The Kier molecular flexibility index (Phi) is 6.81. The molecule has 0 amide bonds. The molecule has 15 heavy (non-hydrogen) atoms. The SMILES string of the molecule is OCCOCCCNCCn1cccn1. The quantitative estimate of drug-likeness (QED) is 0.561. The van der Waals surface area contributed by atoms with E-state index in [1.165, 1.54) is 0 Å². The summed E-state index contributed by atoms with van der Waals surface area (Å²) >= 11 is 0. The molecule has 0 aliphatic heterocycles. The van der Waals surface area contributed by atoms with Gasteiger partial charge in [-0.2, -0.15) is 5.10 Å². The fourth-order valence-electron chi connectivity index (χ4n) is 1.22. The summed E-state index contributed by atoms with van der Waals surface area (Å²) in [7, 11) is 0. The summed E-state index contributed by atoms with van der Waals surface area (Å²) in [4.78, 5) is 0. The molecule has 0 bridgehead atoms. The van der Waals surface area contributed by atoms with Crippen LogP contribution in [0.3, 0.4) is 0 Å². The molecule has 0 unspecified atom stereocenters. The number of aliphatic hydroxyl groups is 1. The zero-order valence-electron chi connectivity index (χ0n) is 8.93. The molecule has 0 fully saturated rings. The maximum Gasteiger partial charge on any atom is 0.0697 e. The van der Waals surface area contributed by atoms with Crippen molar-refractivity contribution in [2.24, 2.45) is 0 Å². The van der Waals surface area contributed by atoms with Gasteiger partial charge in [0.05, 0.1) is 19.8 Å². The van der Waals surface area contributed by atoms with Crippen molar-refractivity contribution in [2.45, 2.75) is 13.0 Å². The normalized spacial score (nSPS) is 10.7. The van der Waals surface area contributed by atoms with Gasteiger partial charge in [-0.1, -0.05) is 0 Å². The van der Waals surface area contributed by atoms with Gasteiger partial charge in [-0.15, -0.1) is 0 Å². The summed E-state index contributed by atoms with van der Waals surface area (Å²) < 4.78 is 7.03. The first-order valence-corrected chi connectivity index (χ1v) is 5.30.